The number of nitrogens with zero attached hydrogens (tertiary/aromatic N) is 1. The van der Waals surface area contributed by atoms with Gasteiger partial charge >= 0.3 is 6.03 Å². The number of rotatable bonds is 1. The van der Waals surface area contributed by atoms with E-state index in [1.54, 1.807) is 5.01 Å². The summed E-state index contributed by atoms with van der Waals surface area (Å²) in [4.78, 5) is 12.0. The van der Waals surface area contributed by atoms with Gasteiger partial charge in [-0.15, -0.1) is 0 Å². The predicted octanol–water partition coefficient (Wildman–Crippen LogP) is 2.75. The minimum Gasteiger partial charge on any atom is -0.317 e. The zero-order valence-corrected chi connectivity index (χ0v) is 11.0. The van der Waals surface area contributed by atoms with E-state index in [9.17, 15) is 4.79 Å². The van der Waals surface area contributed by atoms with E-state index in [-0.39, 0.29) is 11.7 Å². The van der Waals surface area contributed by atoms with Gasteiger partial charge in [0.05, 0.1) is 5.69 Å². The van der Waals surface area contributed by atoms with Gasteiger partial charge in [-0.3, -0.25) is 0 Å². The fourth-order valence-electron chi connectivity index (χ4n) is 2.54. The first kappa shape index (κ1) is 11.0. The summed E-state index contributed by atoms with van der Waals surface area (Å²) in [6.45, 7) is 0. The zero-order valence-electron chi connectivity index (χ0n) is 9.37. The van der Waals surface area contributed by atoms with Crippen molar-refractivity contribution in [1.29, 1.82) is 0 Å². The number of benzene rings is 1. The van der Waals surface area contributed by atoms with Crippen LogP contribution in [0.25, 0.3) is 0 Å². The Morgan fingerprint density at radius 1 is 1.18 bits per heavy atom. The first-order chi connectivity index (χ1) is 8.19. The van der Waals surface area contributed by atoms with Crippen molar-refractivity contribution < 1.29 is 4.79 Å². The molecule has 1 aliphatic carbocycles. The first-order valence-corrected chi connectivity index (χ1v) is 6.64. The second-order valence-electron chi connectivity index (χ2n) is 4.64. The Balaban J connectivity index is 1.85. The summed E-state index contributed by atoms with van der Waals surface area (Å²) in [6, 6.07) is 7.65. The SMILES string of the molecule is O=C1NC2(CCCC2)NN1c1ccc(Br)cc1. The molecule has 17 heavy (non-hydrogen) atoms. The molecule has 2 aliphatic rings. The number of halogens is 1. The van der Waals surface area contributed by atoms with E-state index >= 15 is 0 Å². The normalized spacial score (nSPS) is 22.2. The molecule has 1 spiro atoms. The number of hydrazine groups is 1. The number of amides is 2. The molecule has 0 radical (unpaired) electrons. The summed E-state index contributed by atoms with van der Waals surface area (Å²) in [6.07, 6.45) is 4.35. The Kier molecular flexibility index (Phi) is 2.60. The highest BCUT2D eigenvalue weighted by molar-refractivity contribution is 9.10. The number of hydrogen-bond acceptors (Lipinski definition) is 2. The molecule has 4 nitrogen and oxygen atoms in total. The van der Waals surface area contributed by atoms with Gasteiger partial charge in [0.25, 0.3) is 0 Å². The third kappa shape index (κ3) is 1.93. The number of urea groups is 1. The maximum atomic E-state index is 12.0. The van der Waals surface area contributed by atoms with Crippen LogP contribution in [0.1, 0.15) is 25.7 Å². The second kappa shape index (κ2) is 3.99. The molecule has 3 rings (SSSR count). The second-order valence-corrected chi connectivity index (χ2v) is 5.56. The van der Waals surface area contributed by atoms with Crippen LogP contribution < -0.4 is 15.8 Å². The monoisotopic (exact) mass is 295 g/mol. The molecule has 1 heterocycles. The number of nitrogens with one attached hydrogen (secondary N) is 2. The molecule has 1 saturated carbocycles. The van der Waals surface area contributed by atoms with Crippen molar-refractivity contribution in [3.05, 3.63) is 28.7 Å². The summed E-state index contributed by atoms with van der Waals surface area (Å²) in [5, 5.41) is 4.67. The van der Waals surface area contributed by atoms with Crippen LogP contribution in [0.5, 0.6) is 0 Å². The largest absolute Gasteiger partial charge is 0.338 e. The molecule has 5 heteroatoms. The molecule has 2 N–H and O–H groups in total. The van der Waals surface area contributed by atoms with Crippen molar-refractivity contribution in [1.82, 2.24) is 10.7 Å². The quantitative estimate of drug-likeness (QED) is 0.837. The van der Waals surface area contributed by atoms with E-state index in [0.29, 0.717) is 0 Å². The van der Waals surface area contributed by atoms with Crippen LogP contribution in [0.3, 0.4) is 0 Å². The van der Waals surface area contributed by atoms with Gasteiger partial charge in [-0.1, -0.05) is 15.9 Å². The minimum atomic E-state index is -0.204. The van der Waals surface area contributed by atoms with E-state index in [2.05, 4.69) is 26.7 Å². The van der Waals surface area contributed by atoms with Crippen LogP contribution >= 0.6 is 15.9 Å². The lowest BCUT2D eigenvalue weighted by Gasteiger charge is -2.23. The van der Waals surface area contributed by atoms with Gasteiger partial charge in [0.15, 0.2) is 0 Å². The third-order valence-corrected chi connectivity index (χ3v) is 3.95. The lowest BCUT2D eigenvalue weighted by Crippen LogP contribution is -2.48. The lowest BCUT2D eigenvalue weighted by molar-refractivity contribution is 0.246. The minimum absolute atomic E-state index is 0.0609. The third-order valence-electron chi connectivity index (χ3n) is 3.42. The Hall–Kier alpha value is -1.07. The number of carbonyl (C=O) groups is 1. The molecule has 0 aromatic heterocycles. The van der Waals surface area contributed by atoms with Crippen LogP contribution in [0.4, 0.5) is 10.5 Å². The van der Waals surface area contributed by atoms with Crippen LogP contribution in [-0.4, -0.2) is 11.7 Å². The Labute approximate surface area is 108 Å². The van der Waals surface area contributed by atoms with Gasteiger partial charge in [0.1, 0.15) is 5.66 Å². The van der Waals surface area contributed by atoms with Gasteiger partial charge in [-0.25, -0.2) is 15.2 Å². The molecule has 0 unspecified atom stereocenters. The molecule has 2 fully saturated rings. The van der Waals surface area contributed by atoms with E-state index in [1.165, 1.54) is 12.8 Å². The summed E-state index contributed by atoms with van der Waals surface area (Å²) in [5.74, 6) is 0. The number of hydrogen-bond donors (Lipinski definition) is 2. The van der Waals surface area contributed by atoms with Crippen molar-refractivity contribution in [3.63, 3.8) is 0 Å². The topological polar surface area (TPSA) is 44.4 Å². The highest BCUT2D eigenvalue weighted by atomic mass is 79.9. The number of carbonyl (C=O) groups excluding carboxylic acids is 1. The standard InChI is InChI=1S/C12H14BrN3O/c13-9-3-5-10(6-4-9)16-11(17)14-12(15-16)7-1-2-8-12/h3-6,15H,1-2,7-8H2,(H,14,17). The van der Waals surface area contributed by atoms with Crippen molar-refractivity contribution in [3.8, 4) is 0 Å². The van der Waals surface area contributed by atoms with Crippen LogP contribution in [0.15, 0.2) is 28.7 Å². The Morgan fingerprint density at radius 3 is 2.47 bits per heavy atom. The lowest BCUT2D eigenvalue weighted by atomic mass is 10.1. The van der Waals surface area contributed by atoms with Crippen LogP contribution in [0.2, 0.25) is 0 Å². The maximum Gasteiger partial charge on any atom is 0.338 e. The van der Waals surface area contributed by atoms with E-state index in [4.69, 9.17) is 0 Å². The molecular weight excluding hydrogens is 282 g/mol. The van der Waals surface area contributed by atoms with Crippen molar-refractivity contribution >= 4 is 27.6 Å². The van der Waals surface area contributed by atoms with Gasteiger partial charge < -0.3 is 5.32 Å². The molecule has 1 aromatic carbocycles. The summed E-state index contributed by atoms with van der Waals surface area (Å²) in [7, 11) is 0. The average Bonchev–Trinajstić information content (AvgIpc) is 2.88. The summed E-state index contributed by atoms with van der Waals surface area (Å²) in [5.41, 5.74) is 3.97. The Bertz CT molecular complexity index is 440. The molecule has 0 atom stereocenters. The zero-order chi connectivity index (χ0) is 11.9. The fourth-order valence-corrected chi connectivity index (χ4v) is 2.80. The van der Waals surface area contributed by atoms with Gasteiger partial charge in [0.2, 0.25) is 0 Å². The molecule has 1 aromatic rings. The Morgan fingerprint density at radius 2 is 1.82 bits per heavy atom. The molecule has 1 saturated heterocycles. The summed E-state index contributed by atoms with van der Waals surface area (Å²) >= 11 is 3.39. The molecule has 1 aliphatic heterocycles. The van der Waals surface area contributed by atoms with Crippen LogP contribution in [-0.2, 0) is 0 Å². The van der Waals surface area contributed by atoms with Gasteiger partial charge in [-0.2, -0.15) is 0 Å². The number of anilines is 1. The van der Waals surface area contributed by atoms with E-state index in [1.807, 2.05) is 24.3 Å². The average molecular weight is 296 g/mol. The van der Waals surface area contributed by atoms with Crippen molar-refractivity contribution in [2.45, 2.75) is 31.3 Å². The molecule has 0 bridgehead atoms. The fraction of sp³-hybridized carbons (Fsp3) is 0.417. The molecule has 90 valence electrons. The van der Waals surface area contributed by atoms with Crippen molar-refractivity contribution in [2.24, 2.45) is 0 Å². The molecular formula is C12H14BrN3O. The van der Waals surface area contributed by atoms with Crippen molar-refractivity contribution in [2.75, 3.05) is 5.01 Å². The highest BCUT2D eigenvalue weighted by Crippen LogP contribution is 2.32. The molecule has 2 amide bonds. The van der Waals surface area contributed by atoms with Crippen LogP contribution in [0, 0.1) is 0 Å². The van der Waals surface area contributed by atoms with E-state index < -0.39 is 0 Å². The van der Waals surface area contributed by atoms with Gasteiger partial charge in [-0.05, 0) is 49.9 Å². The first-order valence-electron chi connectivity index (χ1n) is 5.84. The smallest absolute Gasteiger partial charge is 0.317 e. The summed E-state index contributed by atoms with van der Waals surface area (Å²) < 4.78 is 1.01. The van der Waals surface area contributed by atoms with Gasteiger partial charge in [0, 0.05) is 4.47 Å². The predicted molar refractivity (Wildman–Crippen MR) is 69.5 cm³/mol. The maximum absolute atomic E-state index is 12.0. The van der Waals surface area contributed by atoms with E-state index in [0.717, 1.165) is 23.0 Å². The highest BCUT2D eigenvalue weighted by Gasteiger charge is 2.44.